The minimum absolute atomic E-state index is 0.140. The number of nitrogens with two attached hydrogens (primary N) is 1. The van der Waals surface area contributed by atoms with Crippen molar-refractivity contribution in [3.05, 3.63) is 17.0 Å². The monoisotopic (exact) mass is 281 g/mol. The fourth-order valence-corrected chi connectivity index (χ4v) is 2.54. The molecule has 0 aliphatic heterocycles. The van der Waals surface area contributed by atoms with Crippen molar-refractivity contribution in [1.82, 2.24) is 0 Å². The molecule has 0 saturated carbocycles. The van der Waals surface area contributed by atoms with E-state index >= 15 is 0 Å². The second kappa shape index (κ2) is 5.38. The van der Waals surface area contributed by atoms with E-state index in [0.717, 1.165) is 0 Å². The van der Waals surface area contributed by atoms with E-state index in [4.69, 9.17) is 5.73 Å². The zero-order chi connectivity index (χ0) is 13.9. The second-order valence-electron chi connectivity index (χ2n) is 3.63. The first-order chi connectivity index (χ1) is 8.20. The van der Waals surface area contributed by atoms with E-state index in [-0.39, 0.29) is 10.6 Å². The first-order valence-corrected chi connectivity index (χ1v) is 6.64. The first kappa shape index (κ1) is 14.5. The van der Waals surface area contributed by atoms with E-state index in [1.165, 1.54) is 6.07 Å². The normalized spacial score (nSPS) is 12.3. The lowest BCUT2D eigenvalue weighted by molar-refractivity contribution is -0.142. The number of carbonyl (C=O) groups excluding carboxylic acids is 2. The van der Waals surface area contributed by atoms with Gasteiger partial charge in [0.1, 0.15) is 17.2 Å². The van der Waals surface area contributed by atoms with Crippen molar-refractivity contribution >= 4 is 27.3 Å². The quantitative estimate of drug-likeness (QED) is 0.831. The van der Waals surface area contributed by atoms with Gasteiger partial charge in [-0.2, -0.15) is 13.2 Å². The Kier molecular flexibility index (Phi) is 4.33. The minimum atomic E-state index is -4.37. The Labute approximate surface area is 104 Å². The number of rotatable bonds is 4. The third-order valence-corrected chi connectivity index (χ3v) is 3.67. The van der Waals surface area contributed by atoms with Crippen molar-refractivity contribution in [2.24, 2.45) is 12.0 Å². The van der Waals surface area contributed by atoms with Crippen molar-refractivity contribution in [3.8, 4) is 0 Å². The third-order valence-electron chi connectivity index (χ3n) is 2.16. The number of aryl methyl sites for hydroxylation is 1. The van der Waals surface area contributed by atoms with Crippen LogP contribution in [0.1, 0.15) is 23.2 Å². The molecule has 0 spiro atoms. The Bertz CT molecular complexity index is 468. The standard InChI is InChI=1S/C10H11F3N2O2S/c1-18-5-3-6(8(14)17)9(18)15-7(16)2-4-10(11,12)13/h3,5H,2,4H2,1H3,(H2-,14,15,16,17)/p+1. The number of hydrogen-bond donors (Lipinski definition) is 2. The van der Waals surface area contributed by atoms with Crippen molar-refractivity contribution in [2.45, 2.75) is 19.0 Å². The SMILES string of the molecule is C[s+]1ccc(C(N)=O)c1NC(=O)CCC(F)(F)F. The molecule has 0 radical (unpaired) electrons. The summed E-state index contributed by atoms with van der Waals surface area (Å²) >= 11 is 0. The van der Waals surface area contributed by atoms with Gasteiger partial charge in [0.25, 0.3) is 10.9 Å². The maximum atomic E-state index is 11.9. The molecule has 100 valence electrons. The number of anilines is 1. The summed E-state index contributed by atoms with van der Waals surface area (Å²) < 4.78 is 35.8. The van der Waals surface area contributed by atoms with Crippen LogP contribution in [0.5, 0.6) is 0 Å². The van der Waals surface area contributed by atoms with Gasteiger partial charge in [-0.3, -0.25) is 14.9 Å². The predicted octanol–water partition coefficient (Wildman–Crippen LogP) is 2.35. The number of alkyl halides is 3. The molecule has 1 aromatic rings. The van der Waals surface area contributed by atoms with Gasteiger partial charge in [0.05, 0.1) is 6.42 Å². The summed E-state index contributed by atoms with van der Waals surface area (Å²) in [5, 5.41) is 4.28. The molecule has 18 heavy (non-hydrogen) atoms. The van der Waals surface area contributed by atoms with Gasteiger partial charge in [0.15, 0.2) is 0 Å². The van der Waals surface area contributed by atoms with Crippen LogP contribution in [0.25, 0.3) is 0 Å². The van der Waals surface area contributed by atoms with Crippen LogP contribution in [0.15, 0.2) is 11.4 Å². The largest absolute Gasteiger partial charge is 0.389 e. The van der Waals surface area contributed by atoms with Crippen molar-refractivity contribution in [3.63, 3.8) is 0 Å². The van der Waals surface area contributed by atoms with E-state index in [0.29, 0.717) is 0 Å². The van der Waals surface area contributed by atoms with Crippen molar-refractivity contribution in [2.75, 3.05) is 5.32 Å². The topological polar surface area (TPSA) is 72.2 Å². The highest BCUT2D eigenvalue weighted by Gasteiger charge is 2.29. The summed E-state index contributed by atoms with van der Waals surface area (Å²) in [5.41, 5.74) is 5.23. The highest BCUT2D eigenvalue weighted by molar-refractivity contribution is 7.32. The average molecular weight is 281 g/mol. The third kappa shape index (κ3) is 4.02. The number of halogens is 3. The van der Waals surface area contributed by atoms with Crippen LogP contribution in [0.3, 0.4) is 0 Å². The number of carbonyl (C=O) groups is 2. The van der Waals surface area contributed by atoms with Gasteiger partial charge in [-0.05, 0) is 10.5 Å². The van der Waals surface area contributed by atoms with E-state index in [9.17, 15) is 22.8 Å². The summed E-state index contributed by atoms with van der Waals surface area (Å²) in [6.45, 7) is 0. The zero-order valence-corrected chi connectivity index (χ0v) is 10.3. The molecule has 0 aliphatic rings. The number of thiophene rings is 1. The number of nitrogens with one attached hydrogen (secondary N) is 1. The van der Waals surface area contributed by atoms with Gasteiger partial charge in [-0.25, -0.2) is 0 Å². The van der Waals surface area contributed by atoms with Crippen LogP contribution in [-0.2, 0) is 11.1 Å². The van der Waals surface area contributed by atoms with Gasteiger partial charge >= 0.3 is 6.18 Å². The van der Waals surface area contributed by atoms with Crippen molar-refractivity contribution in [1.29, 1.82) is 0 Å². The fourth-order valence-electron chi connectivity index (χ4n) is 1.27. The molecule has 1 unspecified atom stereocenters. The Morgan fingerprint density at radius 3 is 2.56 bits per heavy atom. The molecule has 0 aromatic carbocycles. The van der Waals surface area contributed by atoms with Crippen molar-refractivity contribution < 1.29 is 22.8 Å². The molecule has 0 fully saturated rings. The number of primary amides is 1. The van der Waals surface area contributed by atoms with Gasteiger partial charge in [-0.1, -0.05) is 0 Å². The highest BCUT2D eigenvalue weighted by atomic mass is 32.2. The molecule has 1 aromatic heterocycles. The number of hydrogen-bond acceptors (Lipinski definition) is 2. The van der Waals surface area contributed by atoms with Crippen LogP contribution >= 0.6 is 10.5 Å². The smallest absolute Gasteiger partial charge is 0.365 e. The van der Waals surface area contributed by atoms with E-state index in [2.05, 4.69) is 5.32 Å². The second-order valence-corrected chi connectivity index (χ2v) is 5.43. The van der Waals surface area contributed by atoms with Crippen LogP contribution in [-0.4, -0.2) is 18.0 Å². The van der Waals surface area contributed by atoms with E-state index in [1.54, 1.807) is 11.6 Å². The summed E-state index contributed by atoms with van der Waals surface area (Å²) in [5.74, 6) is -1.49. The summed E-state index contributed by atoms with van der Waals surface area (Å²) in [4.78, 5) is 22.4. The van der Waals surface area contributed by atoms with Gasteiger partial charge in [-0.15, -0.1) is 0 Å². The Morgan fingerprint density at radius 1 is 1.44 bits per heavy atom. The molecule has 2 amide bonds. The highest BCUT2D eigenvalue weighted by Crippen LogP contribution is 2.32. The zero-order valence-electron chi connectivity index (χ0n) is 9.50. The maximum Gasteiger partial charge on any atom is 0.389 e. The van der Waals surface area contributed by atoms with Crippen LogP contribution < -0.4 is 11.1 Å². The van der Waals surface area contributed by atoms with E-state index < -0.39 is 41.3 Å². The fraction of sp³-hybridized carbons (Fsp3) is 0.400. The lowest BCUT2D eigenvalue weighted by Gasteiger charge is -2.05. The van der Waals surface area contributed by atoms with Crippen LogP contribution in [0.2, 0.25) is 0 Å². The lowest BCUT2D eigenvalue weighted by atomic mass is 10.2. The van der Waals surface area contributed by atoms with Crippen LogP contribution in [0, 0.1) is 0 Å². The summed E-state index contributed by atoms with van der Waals surface area (Å²) in [6.07, 6.45) is -4.51. The van der Waals surface area contributed by atoms with Gasteiger partial charge < -0.3 is 5.73 Å². The number of amides is 2. The molecular weight excluding hydrogens is 269 g/mol. The predicted molar refractivity (Wildman–Crippen MR) is 62.3 cm³/mol. The van der Waals surface area contributed by atoms with Gasteiger partial charge in [0.2, 0.25) is 5.91 Å². The lowest BCUT2D eigenvalue weighted by Crippen LogP contribution is -2.19. The molecule has 3 N–H and O–H groups in total. The molecule has 0 saturated heterocycles. The summed E-state index contributed by atoms with van der Waals surface area (Å²) in [7, 11) is -0.522. The van der Waals surface area contributed by atoms with Gasteiger partial charge in [0, 0.05) is 12.5 Å². The Balaban J connectivity index is 2.70. The minimum Gasteiger partial charge on any atom is -0.365 e. The molecule has 0 bridgehead atoms. The molecule has 1 atom stereocenters. The molecule has 0 aliphatic carbocycles. The maximum absolute atomic E-state index is 11.9. The van der Waals surface area contributed by atoms with E-state index in [1.807, 2.05) is 0 Å². The molecule has 4 nitrogen and oxygen atoms in total. The Hall–Kier alpha value is -1.57. The molecule has 1 heterocycles. The molecule has 8 heteroatoms. The molecular formula is C10H12F3N2O2S+. The summed E-state index contributed by atoms with van der Waals surface area (Å²) in [6, 6.07) is 1.46. The molecule has 1 rings (SSSR count). The Morgan fingerprint density at radius 2 is 2.06 bits per heavy atom. The average Bonchev–Trinajstić information content (AvgIpc) is 2.57. The first-order valence-electron chi connectivity index (χ1n) is 4.94. The van der Waals surface area contributed by atoms with Crippen LogP contribution in [0.4, 0.5) is 18.2 Å².